The molecule has 4 atom stereocenters. The predicted molar refractivity (Wildman–Crippen MR) is 39.5 cm³/mol. The van der Waals surface area contributed by atoms with Gasteiger partial charge in [-0.1, -0.05) is 12.2 Å². The molecule has 10 heavy (non-hydrogen) atoms. The SMILES string of the molecule is C1=CC[C@]23[C@@H]4CC[C@@]2(C1)[C@@H]43. The van der Waals surface area contributed by atoms with Crippen LogP contribution in [0.2, 0.25) is 0 Å². The number of allylic oxidation sites excluding steroid dienone is 2. The van der Waals surface area contributed by atoms with E-state index in [9.17, 15) is 0 Å². The van der Waals surface area contributed by atoms with Gasteiger partial charge >= 0.3 is 0 Å². The van der Waals surface area contributed by atoms with Crippen LogP contribution in [0.1, 0.15) is 25.7 Å². The van der Waals surface area contributed by atoms with Gasteiger partial charge in [-0.3, -0.25) is 0 Å². The van der Waals surface area contributed by atoms with Crippen molar-refractivity contribution in [3.63, 3.8) is 0 Å². The Morgan fingerprint density at radius 1 is 1.20 bits per heavy atom. The van der Waals surface area contributed by atoms with Gasteiger partial charge in [-0.2, -0.15) is 0 Å². The van der Waals surface area contributed by atoms with Crippen LogP contribution in [0.4, 0.5) is 0 Å². The first-order valence-electron chi connectivity index (χ1n) is 4.57. The van der Waals surface area contributed by atoms with Crippen molar-refractivity contribution in [3.05, 3.63) is 12.2 Å². The molecule has 5 rings (SSSR count). The Bertz CT molecular complexity index is 239. The number of hydrogen-bond donors (Lipinski definition) is 0. The zero-order valence-electron chi connectivity index (χ0n) is 6.14. The Hall–Kier alpha value is -0.260. The summed E-state index contributed by atoms with van der Waals surface area (Å²) in [6.45, 7) is 0. The van der Waals surface area contributed by atoms with E-state index in [-0.39, 0.29) is 0 Å². The second-order valence-electron chi connectivity index (χ2n) is 4.70. The fourth-order valence-corrected chi connectivity index (χ4v) is 4.60. The van der Waals surface area contributed by atoms with Gasteiger partial charge in [0.1, 0.15) is 0 Å². The maximum absolute atomic E-state index is 2.43. The molecule has 2 spiro atoms. The highest BCUT2D eigenvalue weighted by Crippen LogP contribution is 3.01. The third-order valence-electron chi connectivity index (χ3n) is 4.95. The average molecular weight is 132 g/mol. The molecule has 0 aromatic heterocycles. The Labute approximate surface area is 61.3 Å². The van der Waals surface area contributed by atoms with E-state index in [0.29, 0.717) is 0 Å². The van der Waals surface area contributed by atoms with Crippen molar-refractivity contribution in [2.75, 3.05) is 0 Å². The van der Waals surface area contributed by atoms with Crippen molar-refractivity contribution >= 4 is 0 Å². The summed E-state index contributed by atoms with van der Waals surface area (Å²) in [4.78, 5) is 0. The Morgan fingerprint density at radius 3 is 3.00 bits per heavy atom. The highest BCUT2D eigenvalue weighted by atomic mass is 15.0. The Kier molecular flexibility index (Phi) is 0.426. The molecule has 4 fully saturated rings. The summed E-state index contributed by atoms with van der Waals surface area (Å²) >= 11 is 0. The molecule has 0 aromatic rings. The maximum Gasteiger partial charge on any atom is -0.0132 e. The van der Waals surface area contributed by atoms with Gasteiger partial charge in [-0.25, -0.2) is 0 Å². The van der Waals surface area contributed by atoms with Gasteiger partial charge in [0, 0.05) is 0 Å². The summed E-state index contributed by atoms with van der Waals surface area (Å²) in [7, 11) is 0. The van der Waals surface area contributed by atoms with Crippen LogP contribution in [0, 0.1) is 22.7 Å². The summed E-state index contributed by atoms with van der Waals surface area (Å²) in [6, 6.07) is 0. The molecular formula is C10H12. The molecule has 52 valence electrons. The van der Waals surface area contributed by atoms with Gasteiger partial charge in [0.2, 0.25) is 0 Å². The van der Waals surface area contributed by atoms with Crippen molar-refractivity contribution < 1.29 is 0 Å². The van der Waals surface area contributed by atoms with E-state index in [2.05, 4.69) is 12.2 Å². The summed E-state index contributed by atoms with van der Waals surface area (Å²) in [5.74, 6) is 2.42. The van der Waals surface area contributed by atoms with E-state index >= 15 is 0 Å². The van der Waals surface area contributed by atoms with Crippen LogP contribution in [-0.2, 0) is 0 Å². The minimum atomic E-state index is 0.909. The van der Waals surface area contributed by atoms with Crippen molar-refractivity contribution in [3.8, 4) is 0 Å². The Morgan fingerprint density at radius 2 is 2.10 bits per heavy atom. The van der Waals surface area contributed by atoms with E-state index in [0.717, 1.165) is 10.8 Å². The second-order valence-corrected chi connectivity index (χ2v) is 4.70. The molecule has 0 heteroatoms. The molecule has 0 aromatic carbocycles. The average Bonchev–Trinajstić information content (AvgIpc) is 2.64. The largest absolute Gasteiger partial charge is 0.0879 e. The van der Waals surface area contributed by atoms with Gasteiger partial charge in [-0.05, 0) is 48.3 Å². The van der Waals surface area contributed by atoms with E-state index in [4.69, 9.17) is 0 Å². The molecule has 0 N–H and O–H groups in total. The minimum Gasteiger partial charge on any atom is -0.0879 e. The first-order valence-corrected chi connectivity index (χ1v) is 4.57. The molecule has 2 bridgehead atoms. The number of hydrogen-bond acceptors (Lipinski definition) is 0. The van der Waals surface area contributed by atoms with Gasteiger partial charge < -0.3 is 0 Å². The summed E-state index contributed by atoms with van der Waals surface area (Å²) in [5.41, 5.74) is 1.84. The highest BCUT2D eigenvalue weighted by Gasteiger charge is 2.96. The topological polar surface area (TPSA) is 0 Å². The third-order valence-corrected chi connectivity index (χ3v) is 4.95. The van der Waals surface area contributed by atoms with E-state index in [1.165, 1.54) is 24.7 Å². The van der Waals surface area contributed by atoms with Crippen molar-refractivity contribution in [2.24, 2.45) is 22.7 Å². The van der Waals surface area contributed by atoms with Crippen LogP contribution in [0.15, 0.2) is 12.2 Å². The van der Waals surface area contributed by atoms with Crippen LogP contribution in [-0.4, -0.2) is 0 Å². The van der Waals surface area contributed by atoms with Gasteiger partial charge in [-0.15, -0.1) is 0 Å². The molecule has 0 nitrogen and oxygen atoms in total. The van der Waals surface area contributed by atoms with Gasteiger partial charge in [0.15, 0.2) is 0 Å². The fraction of sp³-hybridized carbons (Fsp3) is 0.800. The molecule has 4 saturated carbocycles. The molecule has 0 aliphatic heterocycles. The lowest BCUT2D eigenvalue weighted by atomic mass is 9.81. The first-order chi connectivity index (χ1) is 4.92. The number of rotatable bonds is 0. The maximum atomic E-state index is 2.43. The molecule has 5 aliphatic carbocycles. The molecular weight excluding hydrogens is 120 g/mol. The van der Waals surface area contributed by atoms with Gasteiger partial charge in [0.25, 0.3) is 0 Å². The second kappa shape index (κ2) is 0.929. The van der Waals surface area contributed by atoms with Crippen LogP contribution in [0.25, 0.3) is 0 Å². The monoisotopic (exact) mass is 132 g/mol. The summed E-state index contributed by atoms with van der Waals surface area (Å²) in [5, 5.41) is 0. The standard InChI is InChI=1S/C10H12/c1-2-5-10-7-3-6-9(10,4-1)8(7)10/h1-2,7-8H,3-6H2/t7-,8-,9+,10-/m1/s1. The van der Waals surface area contributed by atoms with Crippen LogP contribution < -0.4 is 0 Å². The normalized spacial score (nSPS) is 72.8. The lowest BCUT2D eigenvalue weighted by Gasteiger charge is -2.23. The zero-order chi connectivity index (χ0) is 6.40. The quantitative estimate of drug-likeness (QED) is 0.444. The minimum absolute atomic E-state index is 0.909. The van der Waals surface area contributed by atoms with E-state index in [1.807, 2.05) is 0 Å². The summed E-state index contributed by atoms with van der Waals surface area (Å²) < 4.78 is 0. The molecule has 0 amide bonds. The third kappa shape index (κ3) is 0.202. The number of fused-ring (bicyclic) bond motifs is 1. The summed E-state index contributed by atoms with van der Waals surface area (Å²) in [6.07, 6.45) is 10.9. The van der Waals surface area contributed by atoms with Crippen LogP contribution in [0.3, 0.4) is 0 Å². The van der Waals surface area contributed by atoms with Crippen molar-refractivity contribution in [1.29, 1.82) is 0 Å². The zero-order valence-corrected chi connectivity index (χ0v) is 6.14. The molecule has 0 radical (unpaired) electrons. The van der Waals surface area contributed by atoms with Gasteiger partial charge in [0.05, 0.1) is 0 Å². The molecule has 0 saturated heterocycles. The van der Waals surface area contributed by atoms with Crippen molar-refractivity contribution in [2.45, 2.75) is 25.7 Å². The fourth-order valence-electron chi connectivity index (χ4n) is 4.60. The lowest BCUT2D eigenvalue weighted by Crippen LogP contribution is -2.15. The Balaban J connectivity index is 1.94. The predicted octanol–water partition coefficient (Wildman–Crippen LogP) is 2.36. The molecule has 0 heterocycles. The first kappa shape index (κ1) is 4.58. The van der Waals surface area contributed by atoms with Crippen molar-refractivity contribution in [1.82, 2.24) is 0 Å². The smallest absolute Gasteiger partial charge is 0.0132 e. The molecule has 0 unspecified atom stereocenters. The van der Waals surface area contributed by atoms with E-state index in [1.54, 1.807) is 12.8 Å². The lowest BCUT2D eigenvalue weighted by molar-refractivity contribution is 0.312. The van der Waals surface area contributed by atoms with Crippen LogP contribution >= 0.6 is 0 Å². The molecule has 5 aliphatic rings. The van der Waals surface area contributed by atoms with Crippen LogP contribution in [0.5, 0.6) is 0 Å². The highest BCUT2D eigenvalue weighted by molar-refractivity contribution is 5.46. The van der Waals surface area contributed by atoms with E-state index < -0.39 is 0 Å².